The fourth-order valence-electron chi connectivity index (χ4n) is 5.75. The topological polar surface area (TPSA) is 311 Å². The number of oxazole rings is 2. The molecule has 1 saturated heterocycles. The molecule has 2 amide bonds. The van der Waals surface area contributed by atoms with Crippen molar-refractivity contribution < 1.29 is 40.7 Å². The molecule has 0 radical (unpaired) electrons. The van der Waals surface area contributed by atoms with Crippen LogP contribution in [-0.4, -0.2) is 83.0 Å². The Hall–Kier alpha value is -6.83. The van der Waals surface area contributed by atoms with Gasteiger partial charge >= 0.3 is 10.4 Å². The normalized spacial score (nSPS) is 11.9. The smallest absolute Gasteiger partial charge is 0.394 e. The van der Waals surface area contributed by atoms with E-state index >= 15 is 0 Å². The summed E-state index contributed by atoms with van der Waals surface area (Å²) in [6, 6.07) is 13.8. The number of hydrogen-bond donors (Lipinski definition) is 8. The van der Waals surface area contributed by atoms with Crippen LogP contribution in [0.25, 0.3) is 40.1 Å². The molecule has 1 fully saturated rings. The molecule has 0 bridgehead atoms. The van der Waals surface area contributed by atoms with Crippen molar-refractivity contribution in [2.24, 2.45) is 10.8 Å². The lowest BCUT2D eigenvalue weighted by Gasteiger charge is -2.14. The lowest BCUT2D eigenvalue weighted by Crippen LogP contribution is -2.43. The third-order valence-electron chi connectivity index (χ3n) is 8.81. The summed E-state index contributed by atoms with van der Waals surface area (Å²) in [5.41, 5.74) is 14.8. The predicted octanol–water partition coefficient (Wildman–Crippen LogP) is 7.64. The first-order chi connectivity index (χ1) is 32.5. The number of aliphatic imine (C=N–C) groups is 1. The van der Waals surface area contributed by atoms with Crippen molar-refractivity contribution in [3.63, 3.8) is 0 Å². The van der Waals surface area contributed by atoms with Gasteiger partial charge in [0.15, 0.2) is 5.11 Å². The van der Waals surface area contributed by atoms with Crippen molar-refractivity contribution in [2.75, 3.05) is 18.5 Å². The number of carbonyl (C=O) groups is 2. The highest BCUT2D eigenvalue weighted by molar-refractivity contribution is 7.80. The predicted molar refractivity (Wildman–Crippen MR) is 262 cm³/mol. The van der Waals surface area contributed by atoms with Crippen molar-refractivity contribution in [3.8, 4) is 23.2 Å². The van der Waals surface area contributed by atoms with E-state index in [0.717, 1.165) is 47.5 Å². The number of amides is 2. The fraction of sp³-hybridized carbons (Fsp3) is 0.167. The SMILES string of the molecule is C1CCOC1.Cc1coc(-c2cc(C(=O)NN)ccn2)n1.Cc1coc(-c2cc(C(=O)NNC(=S)Nc3ccc4c(c3Cl)C=CC4)ccn2)n1.O=S(=O)(O)O.S=C=Nc1ccc2[nH]ncc2c1Cl. The number of thiocarbonyl (C=S) groups is 2. The zero-order valence-corrected chi connectivity index (χ0v) is 39.7. The number of nitrogen functional groups attached to an aromatic ring is 1. The number of H-pyrrole nitrogens is 1. The van der Waals surface area contributed by atoms with Gasteiger partial charge in [-0.15, -0.1) is 0 Å². The first kappa shape index (κ1) is 52.1. The molecule has 21 nitrogen and oxygen atoms in total. The van der Waals surface area contributed by atoms with Crippen molar-refractivity contribution in [2.45, 2.75) is 33.1 Å². The molecule has 0 saturated carbocycles. The lowest BCUT2D eigenvalue weighted by molar-refractivity contribution is 0.0939. The summed E-state index contributed by atoms with van der Waals surface area (Å²) in [6.07, 6.45) is 15.2. The highest BCUT2D eigenvalue weighted by Crippen LogP contribution is 2.34. The van der Waals surface area contributed by atoms with Gasteiger partial charge in [-0.1, -0.05) is 41.4 Å². The quantitative estimate of drug-likeness (QED) is 0.0198. The standard InChI is InChI=1S/C20H16ClN5O2S.C10H10N4O2.C8H4ClN3S.C4H8O.H2O4S/c1-11-10-28-19(23-11)16-9-13(7-8-22-16)18(27)25-26-20(29)24-15-6-5-12-3-2-4-14(12)17(15)21;1-6-5-16-10(13-6)8-4-7(2-3-12-8)9(15)14-11;9-8-5-3-11-12-6(5)1-2-7(8)10-4-13;1-2-4-5-3-1;1-5(2,3)4/h2,4-10H,3H2,1H3,(H,25,27)(H2,24,26,29);2-5H,11H2,1H3,(H,14,15);1-3H,(H,11,12);1-4H2;(H2,1,2,3,4). The Morgan fingerprint density at radius 1 is 0.882 bits per heavy atom. The van der Waals surface area contributed by atoms with Crippen molar-refractivity contribution >= 4 is 108 Å². The van der Waals surface area contributed by atoms with Gasteiger partial charge in [-0.2, -0.15) is 18.5 Å². The van der Waals surface area contributed by atoms with E-state index in [-0.39, 0.29) is 16.9 Å². The van der Waals surface area contributed by atoms with E-state index in [2.05, 4.69) is 74.7 Å². The Morgan fingerprint density at radius 2 is 1.49 bits per heavy atom. The third-order valence-corrected chi connectivity index (χ3v) is 9.91. The van der Waals surface area contributed by atoms with Gasteiger partial charge in [0.2, 0.25) is 11.8 Å². The van der Waals surface area contributed by atoms with Gasteiger partial charge in [0.05, 0.1) is 49.7 Å². The number of isothiocyanates is 1. The number of aromatic nitrogens is 6. The maximum atomic E-state index is 12.4. The molecule has 0 atom stereocenters. The molecule has 5 aromatic heterocycles. The van der Waals surface area contributed by atoms with E-state index in [4.69, 9.17) is 72.4 Å². The van der Waals surface area contributed by atoms with Gasteiger partial charge in [-0.05, 0) is 111 Å². The second-order valence-electron chi connectivity index (χ2n) is 13.8. The highest BCUT2D eigenvalue weighted by atomic mass is 35.5. The number of halogens is 2. The van der Waals surface area contributed by atoms with Crippen LogP contribution < -0.4 is 27.4 Å². The largest absolute Gasteiger partial charge is 0.443 e. The zero-order chi connectivity index (χ0) is 49.2. The number of anilines is 1. The van der Waals surface area contributed by atoms with Gasteiger partial charge in [0, 0.05) is 42.1 Å². The maximum absolute atomic E-state index is 12.4. The Bertz CT molecular complexity index is 3060. The number of benzene rings is 2. The number of hydrazine groups is 2. The maximum Gasteiger partial charge on any atom is 0.394 e. The summed E-state index contributed by atoms with van der Waals surface area (Å²) < 4.78 is 47.0. The first-order valence-corrected chi connectivity index (χ1v) is 22.6. The summed E-state index contributed by atoms with van der Waals surface area (Å²) in [4.78, 5) is 44.1. The van der Waals surface area contributed by atoms with E-state index < -0.39 is 10.4 Å². The van der Waals surface area contributed by atoms with E-state index in [1.807, 2.05) is 43.5 Å². The number of aryl methyl sites for hydroxylation is 2. The summed E-state index contributed by atoms with van der Waals surface area (Å²) in [5.74, 6) is 5.00. The van der Waals surface area contributed by atoms with Crippen LogP contribution in [0.3, 0.4) is 0 Å². The van der Waals surface area contributed by atoms with E-state index in [0.29, 0.717) is 55.7 Å². The van der Waals surface area contributed by atoms with Gasteiger partial charge in [0.1, 0.15) is 23.9 Å². The summed E-state index contributed by atoms with van der Waals surface area (Å²) in [6.45, 7) is 5.62. The summed E-state index contributed by atoms with van der Waals surface area (Å²) >= 11 is 22.2. The molecule has 68 heavy (non-hydrogen) atoms. The number of hydrogen-bond acceptors (Lipinski definition) is 16. The molecule has 354 valence electrons. The first-order valence-electron chi connectivity index (χ1n) is 19.6. The van der Waals surface area contributed by atoms with E-state index in [1.54, 1.807) is 36.5 Å². The van der Waals surface area contributed by atoms with E-state index in [9.17, 15) is 9.59 Å². The Morgan fingerprint density at radius 3 is 2.01 bits per heavy atom. The molecular formula is C42H40Cl2N12O9S3. The van der Waals surface area contributed by atoms with Crippen LogP contribution in [0.15, 0.2) is 99.6 Å². The molecule has 7 aromatic rings. The minimum Gasteiger partial charge on any atom is -0.443 e. The number of nitrogens with one attached hydrogen (secondary N) is 5. The molecule has 0 unspecified atom stereocenters. The van der Waals surface area contributed by atoms with Gasteiger partial charge in [0.25, 0.3) is 11.8 Å². The number of nitrogens with two attached hydrogens (primary N) is 1. The second kappa shape index (κ2) is 25.3. The number of carbonyl (C=O) groups excluding carboxylic acids is 2. The van der Waals surface area contributed by atoms with Crippen LogP contribution in [0, 0.1) is 13.8 Å². The van der Waals surface area contributed by atoms with Crippen molar-refractivity contribution in [3.05, 3.63) is 129 Å². The molecule has 2 aliphatic rings. The highest BCUT2D eigenvalue weighted by Gasteiger charge is 2.15. The van der Waals surface area contributed by atoms with Crippen LogP contribution in [0.2, 0.25) is 10.0 Å². The second-order valence-corrected chi connectivity index (χ2v) is 16.0. The molecule has 0 spiro atoms. The number of aromatic amines is 1. The number of fused-ring (bicyclic) bond motifs is 2. The minimum atomic E-state index is -4.67. The molecule has 26 heteroatoms. The number of nitrogens with zero attached hydrogens (tertiary/aromatic N) is 6. The average molecular weight is 1020 g/mol. The van der Waals surface area contributed by atoms with Crippen LogP contribution >= 0.6 is 47.6 Å². The monoisotopic (exact) mass is 1020 g/mol. The Labute approximate surface area is 408 Å². The molecule has 1 aliphatic carbocycles. The Kier molecular flexibility index (Phi) is 19.4. The number of pyridine rings is 2. The number of ether oxygens (including phenoxy) is 1. The Balaban J connectivity index is 0.000000185. The summed E-state index contributed by atoms with van der Waals surface area (Å²) in [7, 11) is -4.67. The van der Waals surface area contributed by atoms with Gasteiger partial charge < -0.3 is 18.9 Å². The van der Waals surface area contributed by atoms with Crippen LogP contribution in [0.4, 0.5) is 11.4 Å². The minimum absolute atomic E-state index is 0.208. The van der Waals surface area contributed by atoms with E-state index in [1.165, 1.54) is 43.3 Å². The van der Waals surface area contributed by atoms with Gasteiger partial charge in [-0.3, -0.25) is 50.0 Å². The molecule has 9 rings (SSSR count). The zero-order valence-electron chi connectivity index (χ0n) is 35.7. The molecule has 2 aromatic carbocycles. The summed E-state index contributed by atoms with van der Waals surface area (Å²) in [5, 5.41) is 14.1. The fourth-order valence-corrected chi connectivity index (χ4v) is 6.56. The average Bonchev–Trinajstić information content (AvgIpc) is 4.19. The molecule has 6 heterocycles. The van der Waals surface area contributed by atoms with Crippen molar-refractivity contribution in [1.29, 1.82) is 0 Å². The molecular weight excluding hydrogens is 984 g/mol. The van der Waals surface area contributed by atoms with Crippen LogP contribution in [0.1, 0.15) is 56.1 Å². The number of rotatable bonds is 6. The van der Waals surface area contributed by atoms with Crippen LogP contribution in [-0.2, 0) is 21.6 Å². The van der Waals surface area contributed by atoms with Crippen molar-refractivity contribution in [1.82, 2.24) is 46.4 Å². The molecule has 9 N–H and O–H groups in total. The lowest BCUT2D eigenvalue weighted by atomic mass is 10.1. The third kappa shape index (κ3) is 15.9. The van der Waals surface area contributed by atoms with Gasteiger partial charge in [-0.25, -0.2) is 15.8 Å². The molecule has 1 aliphatic heterocycles. The van der Waals surface area contributed by atoms with Crippen LogP contribution in [0.5, 0.6) is 0 Å². The number of allylic oxidation sites excluding steroid dienone is 1.